The van der Waals surface area contributed by atoms with Crippen LogP contribution in [0.15, 0.2) is 0 Å². The summed E-state index contributed by atoms with van der Waals surface area (Å²) in [6.07, 6.45) is 2.61. The number of carbonyl (C=O) groups excluding carboxylic acids is 1. The SMILES string of the molecule is CCCOC(=O)CC1CCNC1. The molecule has 1 aliphatic rings. The molecule has 0 radical (unpaired) electrons. The summed E-state index contributed by atoms with van der Waals surface area (Å²) < 4.78 is 4.99. The van der Waals surface area contributed by atoms with Crippen LogP contribution in [0.3, 0.4) is 0 Å². The molecule has 3 heteroatoms. The van der Waals surface area contributed by atoms with Crippen LogP contribution in [0.2, 0.25) is 0 Å². The summed E-state index contributed by atoms with van der Waals surface area (Å²) in [5.41, 5.74) is 0. The maximum atomic E-state index is 11.1. The third-order valence-electron chi connectivity index (χ3n) is 2.08. The molecule has 1 aliphatic heterocycles. The molecule has 0 aromatic heterocycles. The monoisotopic (exact) mass is 171 g/mol. The summed E-state index contributed by atoms with van der Waals surface area (Å²) in [4.78, 5) is 11.1. The van der Waals surface area contributed by atoms with Crippen LogP contribution < -0.4 is 5.32 Å². The first-order chi connectivity index (χ1) is 5.83. The van der Waals surface area contributed by atoms with Gasteiger partial charge >= 0.3 is 5.97 Å². The van der Waals surface area contributed by atoms with E-state index < -0.39 is 0 Å². The van der Waals surface area contributed by atoms with Crippen molar-refractivity contribution in [3.63, 3.8) is 0 Å². The summed E-state index contributed by atoms with van der Waals surface area (Å²) in [5, 5.41) is 3.23. The van der Waals surface area contributed by atoms with Crippen LogP contribution in [-0.2, 0) is 9.53 Å². The van der Waals surface area contributed by atoms with Crippen molar-refractivity contribution >= 4 is 5.97 Å². The standard InChI is InChI=1S/C9H17NO2/c1-2-5-12-9(11)6-8-3-4-10-7-8/h8,10H,2-7H2,1H3. The Bertz CT molecular complexity index is 141. The molecule has 0 aromatic carbocycles. The Labute approximate surface area is 73.5 Å². The van der Waals surface area contributed by atoms with Gasteiger partial charge in [-0.2, -0.15) is 0 Å². The molecule has 3 nitrogen and oxygen atoms in total. The lowest BCUT2D eigenvalue weighted by molar-refractivity contribution is -0.144. The molecule has 0 spiro atoms. The normalized spacial score (nSPS) is 22.6. The highest BCUT2D eigenvalue weighted by Gasteiger charge is 2.18. The molecule has 0 amide bonds. The van der Waals surface area contributed by atoms with Gasteiger partial charge in [-0.25, -0.2) is 0 Å². The first-order valence-corrected chi connectivity index (χ1v) is 4.69. The lowest BCUT2D eigenvalue weighted by atomic mass is 10.1. The second kappa shape index (κ2) is 5.14. The quantitative estimate of drug-likeness (QED) is 0.640. The molecule has 1 unspecified atom stereocenters. The number of nitrogens with one attached hydrogen (secondary N) is 1. The van der Waals surface area contributed by atoms with Gasteiger partial charge in [0.05, 0.1) is 6.61 Å². The summed E-state index contributed by atoms with van der Waals surface area (Å²) in [6, 6.07) is 0. The molecule has 1 saturated heterocycles. The van der Waals surface area contributed by atoms with Gasteiger partial charge in [0.15, 0.2) is 0 Å². The van der Waals surface area contributed by atoms with Crippen molar-refractivity contribution in [3.8, 4) is 0 Å². The zero-order valence-corrected chi connectivity index (χ0v) is 7.64. The Balaban J connectivity index is 2.08. The molecule has 1 heterocycles. The van der Waals surface area contributed by atoms with E-state index in [9.17, 15) is 4.79 Å². The van der Waals surface area contributed by atoms with E-state index >= 15 is 0 Å². The van der Waals surface area contributed by atoms with Crippen molar-refractivity contribution < 1.29 is 9.53 Å². The molecule has 1 fully saturated rings. The van der Waals surface area contributed by atoms with Crippen molar-refractivity contribution in [2.45, 2.75) is 26.2 Å². The highest BCUT2D eigenvalue weighted by Crippen LogP contribution is 2.12. The Morgan fingerprint density at radius 3 is 3.08 bits per heavy atom. The summed E-state index contributed by atoms with van der Waals surface area (Å²) >= 11 is 0. The fraction of sp³-hybridized carbons (Fsp3) is 0.889. The smallest absolute Gasteiger partial charge is 0.306 e. The number of carbonyl (C=O) groups is 1. The summed E-state index contributed by atoms with van der Waals surface area (Å²) in [7, 11) is 0. The van der Waals surface area contributed by atoms with Crippen LogP contribution in [-0.4, -0.2) is 25.7 Å². The van der Waals surface area contributed by atoms with E-state index in [0.717, 1.165) is 25.9 Å². The van der Waals surface area contributed by atoms with Crippen molar-refractivity contribution in [2.75, 3.05) is 19.7 Å². The average molecular weight is 171 g/mol. The topological polar surface area (TPSA) is 38.3 Å². The van der Waals surface area contributed by atoms with E-state index in [1.54, 1.807) is 0 Å². The number of hydrogen-bond acceptors (Lipinski definition) is 3. The van der Waals surface area contributed by atoms with Crippen LogP contribution >= 0.6 is 0 Å². The van der Waals surface area contributed by atoms with E-state index in [4.69, 9.17) is 4.74 Å². The Morgan fingerprint density at radius 1 is 1.67 bits per heavy atom. The molecular weight excluding hydrogens is 154 g/mol. The molecular formula is C9H17NO2. The second-order valence-corrected chi connectivity index (χ2v) is 3.28. The van der Waals surface area contributed by atoms with Gasteiger partial charge in [0, 0.05) is 6.42 Å². The minimum absolute atomic E-state index is 0.0365. The molecule has 70 valence electrons. The number of ether oxygens (including phenoxy) is 1. The summed E-state index contributed by atoms with van der Waals surface area (Å²) in [6.45, 7) is 4.59. The van der Waals surface area contributed by atoms with Gasteiger partial charge in [-0.15, -0.1) is 0 Å². The maximum absolute atomic E-state index is 11.1. The van der Waals surface area contributed by atoms with E-state index in [-0.39, 0.29) is 5.97 Å². The Hall–Kier alpha value is -0.570. The highest BCUT2D eigenvalue weighted by molar-refractivity contribution is 5.69. The summed E-state index contributed by atoms with van der Waals surface area (Å²) in [5.74, 6) is 0.472. The van der Waals surface area contributed by atoms with Gasteiger partial charge in [0.2, 0.25) is 0 Å². The fourth-order valence-electron chi connectivity index (χ4n) is 1.40. The molecule has 0 saturated carbocycles. The van der Waals surface area contributed by atoms with Gasteiger partial charge in [0.1, 0.15) is 0 Å². The molecule has 0 bridgehead atoms. The zero-order chi connectivity index (χ0) is 8.81. The van der Waals surface area contributed by atoms with E-state index in [1.807, 2.05) is 6.92 Å². The molecule has 12 heavy (non-hydrogen) atoms. The number of hydrogen-bond donors (Lipinski definition) is 1. The van der Waals surface area contributed by atoms with Crippen LogP contribution in [0.1, 0.15) is 26.2 Å². The van der Waals surface area contributed by atoms with Crippen molar-refractivity contribution in [1.82, 2.24) is 5.32 Å². The molecule has 1 rings (SSSR count). The highest BCUT2D eigenvalue weighted by atomic mass is 16.5. The van der Waals surface area contributed by atoms with Crippen LogP contribution in [0, 0.1) is 5.92 Å². The number of rotatable bonds is 4. The first-order valence-electron chi connectivity index (χ1n) is 4.69. The lowest BCUT2D eigenvalue weighted by Gasteiger charge is -2.07. The second-order valence-electron chi connectivity index (χ2n) is 3.28. The number of esters is 1. The van der Waals surface area contributed by atoms with Crippen LogP contribution in [0.25, 0.3) is 0 Å². The van der Waals surface area contributed by atoms with Gasteiger partial charge in [-0.1, -0.05) is 6.92 Å². The van der Waals surface area contributed by atoms with Crippen molar-refractivity contribution in [3.05, 3.63) is 0 Å². The largest absolute Gasteiger partial charge is 0.466 e. The zero-order valence-electron chi connectivity index (χ0n) is 7.64. The predicted molar refractivity (Wildman–Crippen MR) is 46.8 cm³/mol. The molecule has 1 N–H and O–H groups in total. The van der Waals surface area contributed by atoms with Gasteiger partial charge in [-0.05, 0) is 31.8 Å². The minimum atomic E-state index is -0.0365. The van der Waals surface area contributed by atoms with Gasteiger partial charge in [-0.3, -0.25) is 4.79 Å². The molecule has 0 aromatic rings. The Kier molecular flexibility index (Phi) is 4.08. The van der Waals surface area contributed by atoms with Crippen molar-refractivity contribution in [1.29, 1.82) is 0 Å². The third-order valence-corrected chi connectivity index (χ3v) is 2.08. The van der Waals surface area contributed by atoms with Crippen LogP contribution in [0.4, 0.5) is 0 Å². The van der Waals surface area contributed by atoms with Crippen LogP contribution in [0.5, 0.6) is 0 Å². The average Bonchev–Trinajstić information content (AvgIpc) is 2.53. The van der Waals surface area contributed by atoms with Gasteiger partial charge < -0.3 is 10.1 Å². The lowest BCUT2D eigenvalue weighted by Crippen LogP contribution is -2.14. The minimum Gasteiger partial charge on any atom is -0.466 e. The van der Waals surface area contributed by atoms with E-state index in [1.165, 1.54) is 0 Å². The Morgan fingerprint density at radius 2 is 2.50 bits per heavy atom. The van der Waals surface area contributed by atoms with E-state index in [2.05, 4.69) is 5.32 Å². The molecule has 1 atom stereocenters. The molecule has 0 aliphatic carbocycles. The van der Waals surface area contributed by atoms with Crippen molar-refractivity contribution in [2.24, 2.45) is 5.92 Å². The van der Waals surface area contributed by atoms with E-state index in [0.29, 0.717) is 18.9 Å². The predicted octanol–water partition coefficient (Wildman–Crippen LogP) is 0.939. The maximum Gasteiger partial charge on any atom is 0.306 e. The first kappa shape index (κ1) is 9.52. The fourth-order valence-corrected chi connectivity index (χ4v) is 1.40. The third kappa shape index (κ3) is 3.22. The van der Waals surface area contributed by atoms with Gasteiger partial charge in [0.25, 0.3) is 0 Å².